The second kappa shape index (κ2) is 35.4. The Bertz CT molecular complexity index is 4790. The van der Waals surface area contributed by atoms with Crippen LogP contribution in [0.5, 0.6) is 46.0 Å². The summed E-state index contributed by atoms with van der Waals surface area (Å²) in [6.45, 7) is 18.0. The van der Waals surface area contributed by atoms with E-state index in [2.05, 4.69) is 47.6 Å². The first-order chi connectivity index (χ1) is 54.9. The van der Waals surface area contributed by atoms with Gasteiger partial charge in [0.15, 0.2) is 0 Å². The predicted octanol–water partition coefficient (Wildman–Crippen LogP) is 16.1. The van der Waals surface area contributed by atoms with E-state index in [1.165, 1.54) is 24.3 Å². The molecule has 0 bridgehead atoms. The predicted molar refractivity (Wildman–Crippen MR) is 440 cm³/mol. The van der Waals surface area contributed by atoms with Crippen molar-refractivity contribution in [3.8, 4) is 46.0 Å². The van der Waals surface area contributed by atoms with Crippen LogP contribution in [0.3, 0.4) is 0 Å². The van der Waals surface area contributed by atoms with Gasteiger partial charge in [0.25, 0.3) is 47.3 Å². The number of nitrogens with zero attached hydrogens (tertiary/aromatic N) is 4. The van der Waals surface area contributed by atoms with Gasteiger partial charge in [-0.25, -0.2) is 0 Å². The van der Waals surface area contributed by atoms with Gasteiger partial charge in [-0.3, -0.25) is 57.7 Å². The van der Waals surface area contributed by atoms with Gasteiger partial charge in [-0.2, -0.15) is 0 Å². The molecular formula is C88H84Cl4N8O14. The van der Waals surface area contributed by atoms with Gasteiger partial charge in [-0.1, -0.05) is 160 Å². The Hall–Kier alpha value is -11.3. The lowest BCUT2D eigenvalue weighted by Gasteiger charge is -2.36. The molecule has 9 aromatic rings. The lowest BCUT2D eigenvalue weighted by atomic mass is 9.80. The fourth-order valence-electron chi connectivity index (χ4n) is 15.8. The zero-order chi connectivity index (χ0) is 80.8. The van der Waals surface area contributed by atoms with Crippen LogP contribution in [0.25, 0.3) is 43.1 Å². The van der Waals surface area contributed by atoms with Crippen molar-refractivity contribution < 1.29 is 66.9 Å². The van der Waals surface area contributed by atoms with Crippen LogP contribution in [0.1, 0.15) is 142 Å². The molecule has 26 heteroatoms. The lowest BCUT2D eigenvalue weighted by molar-refractivity contribution is -0.135. The molecule has 0 aromatic heterocycles. The standard InChI is InChI=1S/C88H84Cl4N8O14/c1-7-97(57-15-11-9-12-16-57)71(101)47-99-85(107)63-43-67(111-59-27-19-53(20-28-59)35-39-93-81(103)49(3)89)75-77-69(113-61-31-23-55(24-32-61)37-41-95-83(105)51(5)91)45-65-74-66(88(110)100(87(65)109)48-72(102)98(8-2)58-17-13-10-14-18-58)46-70(114-62-33-25-56(26-34-62)38-42-96-84(106)52(6)92)78(80(74)77)76-68(44-64(86(99)108)73(63)79(75)76)112-60-29-21-54(22-30-60)36-40-94-82(104)50(4)90/h19-34,43-46,57-58H,3-18,35-42,47-48H2,1-2H3,(H,93,103)(H,94,104)(H,95,105)(H,96,106). The summed E-state index contributed by atoms with van der Waals surface area (Å²) >= 11 is 23.6. The van der Waals surface area contributed by atoms with Gasteiger partial charge in [0, 0.05) is 94.4 Å². The van der Waals surface area contributed by atoms with E-state index in [4.69, 9.17) is 65.4 Å². The number of benzene rings is 9. The lowest BCUT2D eigenvalue weighted by Crippen LogP contribution is -2.50. The molecule has 9 aromatic carbocycles. The van der Waals surface area contributed by atoms with Crippen molar-refractivity contribution in [3.05, 3.63) is 212 Å². The minimum atomic E-state index is -0.824. The SMILES string of the molecule is C=C(Cl)C(=O)NCCc1ccc(Oc2cc3c4c(cc(Oc5ccc(CCNC(=O)C(=C)Cl)cc5)c5c6c(Oc7ccc(CCNC(=O)C(=C)Cl)cc7)cc7c8c(cc(Oc9ccc(CCNC(=O)C(=C)Cl)cc9)c(c2c45)c86)C(=O)N(CC(=O)N(CC)C2CCCCC2)C7=O)C(=O)N(CC(=O)N(CC)C2CCCCC2)C3=O)cc1. The molecule has 4 N–H and O–H groups in total. The van der Waals surface area contributed by atoms with Crippen molar-refractivity contribution in [3.63, 3.8) is 0 Å². The summed E-state index contributed by atoms with van der Waals surface area (Å²) < 4.78 is 29.0. The number of ether oxygens (including phenoxy) is 4. The summed E-state index contributed by atoms with van der Waals surface area (Å²) in [6, 6.07) is 33.8. The van der Waals surface area contributed by atoms with Crippen molar-refractivity contribution in [2.45, 2.75) is 116 Å². The highest BCUT2D eigenvalue weighted by Gasteiger charge is 2.44. The Kier molecular flexibility index (Phi) is 25.1. The molecule has 13 rings (SSSR count). The number of hydrogen-bond acceptors (Lipinski definition) is 14. The van der Waals surface area contributed by atoms with Crippen molar-refractivity contribution in [2.75, 3.05) is 52.4 Å². The van der Waals surface area contributed by atoms with Gasteiger partial charge < -0.3 is 50.0 Å². The molecule has 0 saturated heterocycles. The van der Waals surface area contributed by atoms with E-state index in [9.17, 15) is 28.8 Å². The van der Waals surface area contributed by atoms with E-state index in [-0.39, 0.29) is 170 Å². The Morgan fingerprint density at radius 1 is 0.360 bits per heavy atom. The fraction of sp³-hybridized carbons (Fsp3) is 0.295. The van der Waals surface area contributed by atoms with Crippen LogP contribution in [0.15, 0.2) is 168 Å². The summed E-state index contributed by atoms with van der Waals surface area (Å²) in [5.74, 6) is -5.39. The number of fused-ring (bicyclic) bond motifs is 2. The highest BCUT2D eigenvalue weighted by atomic mass is 35.5. The van der Waals surface area contributed by atoms with Crippen LogP contribution in [0.4, 0.5) is 0 Å². The minimum Gasteiger partial charge on any atom is -0.457 e. The first-order valence-corrected chi connectivity index (χ1v) is 39.7. The topological polar surface area (TPSA) is 269 Å². The third kappa shape index (κ3) is 17.3. The second-order valence-electron chi connectivity index (χ2n) is 28.7. The summed E-state index contributed by atoms with van der Waals surface area (Å²) in [5, 5.41) is 11.6. The minimum absolute atomic E-state index is 0.0103. The van der Waals surface area contributed by atoms with E-state index < -0.39 is 72.2 Å². The average Bonchev–Trinajstić information content (AvgIpc) is 0.671. The van der Waals surface area contributed by atoms with Crippen molar-refractivity contribution in [2.24, 2.45) is 0 Å². The number of carbonyl (C=O) groups excluding carboxylic acids is 10. The van der Waals surface area contributed by atoms with E-state index in [0.29, 0.717) is 38.8 Å². The van der Waals surface area contributed by atoms with Crippen LogP contribution in [-0.2, 0) is 54.5 Å². The molecule has 2 fully saturated rings. The molecule has 0 atom stereocenters. The van der Waals surface area contributed by atoms with Gasteiger partial charge >= 0.3 is 0 Å². The average molecular weight is 1620 g/mol. The first-order valence-electron chi connectivity index (χ1n) is 38.1. The molecule has 588 valence electrons. The highest BCUT2D eigenvalue weighted by molar-refractivity contribution is 6.46. The Morgan fingerprint density at radius 2 is 0.588 bits per heavy atom. The molecule has 0 unspecified atom stereocenters. The van der Waals surface area contributed by atoms with Gasteiger partial charge in [-0.05, 0) is 160 Å². The van der Waals surface area contributed by atoms with Gasteiger partial charge in [0.05, 0.1) is 42.4 Å². The number of likely N-dealkylation sites (N-methyl/N-ethyl adjacent to an activating group) is 2. The van der Waals surface area contributed by atoms with Gasteiger partial charge in [0.1, 0.15) is 59.1 Å². The van der Waals surface area contributed by atoms with Gasteiger partial charge in [-0.15, -0.1) is 0 Å². The third-order valence-corrected chi connectivity index (χ3v) is 22.1. The van der Waals surface area contributed by atoms with Crippen LogP contribution in [0.2, 0.25) is 0 Å². The molecule has 22 nitrogen and oxygen atoms in total. The third-order valence-electron chi connectivity index (χ3n) is 21.4. The van der Waals surface area contributed by atoms with Crippen molar-refractivity contribution >= 4 is 149 Å². The van der Waals surface area contributed by atoms with Crippen LogP contribution in [-0.4, -0.2) is 143 Å². The first kappa shape index (κ1) is 80.7. The molecule has 2 aliphatic heterocycles. The number of hydrogen-bond donors (Lipinski definition) is 4. The summed E-state index contributed by atoms with van der Waals surface area (Å²) in [5.41, 5.74) is 2.91. The summed E-state index contributed by atoms with van der Waals surface area (Å²) in [4.78, 5) is 150. The van der Waals surface area contributed by atoms with Crippen LogP contribution in [0, 0.1) is 0 Å². The second-order valence-corrected chi connectivity index (χ2v) is 30.5. The maximum Gasteiger partial charge on any atom is 0.262 e. The molecule has 0 radical (unpaired) electrons. The summed E-state index contributed by atoms with van der Waals surface area (Å²) in [7, 11) is 0. The smallest absolute Gasteiger partial charge is 0.262 e. The number of amides is 10. The van der Waals surface area contributed by atoms with E-state index in [1.807, 2.05) is 13.8 Å². The largest absolute Gasteiger partial charge is 0.457 e. The number of halogens is 4. The molecule has 114 heavy (non-hydrogen) atoms. The normalized spacial score (nSPS) is 14.3. The zero-order valence-electron chi connectivity index (χ0n) is 63.1. The van der Waals surface area contributed by atoms with Crippen LogP contribution < -0.4 is 40.2 Å². The Morgan fingerprint density at radius 3 is 0.798 bits per heavy atom. The Balaban J connectivity index is 1.11. The highest BCUT2D eigenvalue weighted by Crippen LogP contribution is 2.58. The summed E-state index contributed by atoms with van der Waals surface area (Å²) in [6.07, 6.45) is 10.1. The molecular weight excluding hydrogens is 1530 g/mol. The molecule has 4 aliphatic rings. The van der Waals surface area contributed by atoms with E-state index in [0.717, 1.165) is 96.3 Å². The number of rotatable bonds is 32. The maximum atomic E-state index is 16.1. The molecule has 2 aliphatic carbocycles. The fourth-order valence-corrected chi connectivity index (χ4v) is 16.1. The van der Waals surface area contributed by atoms with Gasteiger partial charge in [0.2, 0.25) is 11.8 Å². The molecule has 2 heterocycles. The maximum absolute atomic E-state index is 16.1. The molecule has 10 amide bonds. The van der Waals surface area contributed by atoms with Crippen molar-refractivity contribution in [1.29, 1.82) is 0 Å². The zero-order valence-corrected chi connectivity index (χ0v) is 66.1. The van der Waals surface area contributed by atoms with E-state index >= 15 is 19.2 Å². The Labute approximate surface area is 678 Å². The number of nitrogens with one attached hydrogen (secondary N) is 4. The number of carbonyl (C=O) groups is 10. The molecule has 2 saturated carbocycles. The number of imide groups is 2. The molecule has 0 spiro atoms. The van der Waals surface area contributed by atoms with Crippen molar-refractivity contribution in [1.82, 2.24) is 40.9 Å². The monoisotopic (exact) mass is 1620 g/mol. The van der Waals surface area contributed by atoms with Crippen LogP contribution >= 0.6 is 46.4 Å². The van der Waals surface area contributed by atoms with E-state index in [1.54, 1.807) is 107 Å². The quantitative estimate of drug-likeness (QED) is 0.0132.